The molecule has 0 fully saturated rings. The van der Waals surface area contributed by atoms with E-state index in [1.165, 1.54) is 18.3 Å². The second kappa shape index (κ2) is 5.88. The minimum atomic E-state index is -0.109. The van der Waals surface area contributed by atoms with Crippen molar-refractivity contribution in [1.82, 2.24) is 4.98 Å². The summed E-state index contributed by atoms with van der Waals surface area (Å²) in [6, 6.07) is 7.04. The molecule has 0 radical (unpaired) electrons. The van der Waals surface area contributed by atoms with E-state index >= 15 is 0 Å². The van der Waals surface area contributed by atoms with Crippen LogP contribution in [-0.4, -0.2) is 16.0 Å². The van der Waals surface area contributed by atoms with E-state index < -0.39 is 0 Å². The minimum Gasteiger partial charge on any atom is -0.508 e. The average Bonchev–Trinajstić information content (AvgIpc) is 2.75. The van der Waals surface area contributed by atoms with Crippen molar-refractivity contribution in [2.45, 2.75) is 17.6 Å². The molecule has 1 heterocycles. The molecule has 0 aliphatic carbocycles. The number of phenols is 1. The van der Waals surface area contributed by atoms with Gasteiger partial charge in [-0.15, -0.1) is 23.1 Å². The van der Waals surface area contributed by atoms with Crippen LogP contribution in [-0.2, 0) is 10.5 Å². The van der Waals surface area contributed by atoms with Crippen LogP contribution in [0.4, 0.5) is 5.13 Å². The normalized spacial score (nSPS) is 10.3. The molecule has 1 aromatic carbocycles. The molecule has 1 amide bonds. The summed E-state index contributed by atoms with van der Waals surface area (Å²) in [7, 11) is 0. The molecule has 2 rings (SSSR count). The standard InChI is InChI=1S/C12H12N2O2S2/c1-8(15)13-12-14-9(7-18-12)6-17-11-4-2-10(16)3-5-11/h2-5,7,16H,6H2,1H3,(H,13,14,15). The van der Waals surface area contributed by atoms with E-state index in [2.05, 4.69) is 10.3 Å². The number of hydrogen-bond acceptors (Lipinski definition) is 5. The number of aromatic nitrogens is 1. The second-order valence-corrected chi connectivity index (χ2v) is 5.51. The lowest BCUT2D eigenvalue weighted by atomic mass is 10.3. The quantitative estimate of drug-likeness (QED) is 0.845. The van der Waals surface area contributed by atoms with Gasteiger partial charge < -0.3 is 10.4 Å². The highest BCUT2D eigenvalue weighted by molar-refractivity contribution is 7.98. The van der Waals surface area contributed by atoms with Crippen LogP contribution >= 0.6 is 23.1 Å². The van der Waals surface area contributed by atoms with Gasteiger partial charge in [0.1, 0.15) is 5.75 Å². The number of nitrogens with one attached hydrogen (secondary N) is 1. The Morgan fingerprint density at radius 2 is 2.17 bits per heavy atom. The van der Waals surface area contributed by atoms with Gasteiger partial charge in [-0.1, -0.05) is 0 Å². The van der Waals surface area contributed by atoms with Crippen molar-refractivity contribution in [2.75, 3.05) is 5.32 Å². The van der Waals surface area contributed by atoms with Gasteiger partial charge in [0.2, 0.25) is 5.91 Å². The molecular weight excluding hydrogens is 268 g/mol. The summed E-state index contributed by atoms with van der Waals surface area (Å²) in [5.41, 5.74) is 0.932. The number of aromatic hydroxyl groups is 1. The summed E-state index contributed by atoms with van der Waals surface area (Å²) in [5, 5.41) is 14.4. The fourth-order valence-corrected chi connectivity index (χ4v) is 2.93. The second-order valence-electron chi connectivity index (χ2n) is 3.61. The number of rotatable bonds is 4. The first-order valence-electron chi connectivity index (χ1n) is 5.27. The smallest absolute Gasteiger partial charge is 0.223 e. The Labute approximate surface area is 113 Å². The Morgan fingerprint density at radius 1 is 1.44 bits per heavy atom. The minimum absolute atomic E-state index is 0.109. The summed E-state index contributed by atoms with van der Waals surface area (Å²) in [6.07, 6.45) is 0. The molecule has 0 atom stereocenters. The highest BCUT2D eigenvalue weighted by Gasteiger charge is 2.04. The van der Waals surface area contributed by atoms with Gasteiger partial charge in [-0.3, -0.25) is 4.79 Å². The Balaban J connectivity index is 1.92. The summed E-state index contributed by atoms with van der Waals surface area (Å²) >= 11 is 3.05. The Bertz CT molecular complexity index is 537. The van der Waals surface area contributed by atoms with Crippen molar-refractivity contribution in [3.63, 3.8) is 0 Å². The maximum atomic E-state index is 10.9. The van der Waals surface area contributed by atoms with E-state index in [9.17, 15) is 4.79 Å². The molecular formula is C12H12N2O2S2. The first-order chi connectivity index (χ1) is 8.63. The molecule has 2 N–H and O–H groups in total. The van der Waals surface area contributed by atoms with Crippen molar-refractivity contribution in [1.29, 1.82) is 0 Å². The molecule has 1 aromatic heterocycles. The van der Waals surface area contributed by atoms with Crippen molar-refractivity contribution in [3.05, 3.63) is 35.3 Å². The molecule has 0 aliphatic heterocycles. The van der Waals surface area contributed by atoms with E-state index in [1.54, 1.807) is 23.9 Å². The van der Waals surface area contributed by atoms with Crippen LogP contribution in [0.2, 0.25) is 0 Å². The summed E-state index contributed by atoms with van der Waals surface area (Å²) < 4.78 is 0. The number of thiazole rings is 1. The third-order valence-electron chi connectivity index (χ3n) is 2.06. The predicted octanol–water partition coefficient (Wildman–Crippen LogP) is 3.10. The number of nitrogens with zero attached hydrogens (tertiary/aromatic N) is 1. The van der Waals surface area contributed by atoms with Crippen molar-refractivity contribution < 1.29 is 9.90 Å². The highest BCUT2D eigenvalue weighted by Crippen LogP contribution is 2.26. The van der Waals surface area contributed by atoms with Gasteiger partial charge in [-0.2, -0.15) is 0 Å². The van der Waals surface area contributed by atoms with Gasteiger partial charge in [0.25, 0.3) is 0 Å². The van der Waals surface area contributed by atoms with Gasteiger partial charge in [0.05, 0.1) is 5.69 Å². The topological polar surface area (TPSA) is 62.2 Å². The number of benzene rings is 1. The lowest BCUT2D eigenvalue weighted by Gasteiger charge is -1.99. The molecule has 18 heavy (non-hydrogen) atoms. The zero-order valence-electron chi connectivity index (χ0n) is 9.71. The molecule has 0 spiro atoms. The number of anilines is 1. The van der Waals surface area contributed by atoms with Crippen LogP contribution in [0.1, 0.15) is 12.6 Å². The molecule has 4 nitrogen and oxygen atoms in total. The lowest BCUT2D eigenvalue weighted by molar-refractivity contribution is -0.114. The summed E-state index contributed by atoms with van der Waals surface area (Å²) in [4.78, 5) is 16.2. The van der Waals surface area contributed by atoms with E-state index in [1.807, 2.05) is 17.5 Å². The van der Waals surface area contributed by atoms with Crippen LogP contribution in [0.15, 0.2) is 34.5 Å². The molecule has 6 heteroatoms. The monoisotopic (exact) mass is 280 g/mol. The first-order valence-corrected chi connectivity index (χ1v) is 7.14. The first kappa shape index (κ1) is 12.9. The number of hydrogen-bond donors (Lipinski definition) is 2. The van der Waals surface area contributed by atoms with Gasteiger partial charge in [-0.05, 0) is 24.3 Å². The average molecular weight is 280 g/mol. The lowest BCUT2D eigenvalue weighted by Crippen LogP contribution is -2.05. The maximum absolute atomic E-state index is 10.9. The fraction of sp³-hybridized carbons (Fsp3) is 0.167. The predicted molar refractivity (Wildman–Crippen MR) is 74.1 cm³/mol. The number of phenolic OH excluding ortho intramolecular Hbond substituents is 1. The fourth-order valence-electron chi connectivity index (χ4n) is 1.28. The molecule has 0 unspecified atom stereocenters. The number of carbonyl (C=O) groups excluding carboxylic acids is 1. The zero-order chi connectivity index (χ0) is 13.0. The third kappa shape index (κ3) is 3.75. The van der Waals surface area contributed by atoms with E-state index in [4.69, 9.17) is 5.11 Å². The Morgan fingerprint density at radius 3 is 2.83 bits per heavy atom. The molecule has 0 saturated heterocycles. The van der Waals surface area contributed by atoms with Crippen LogP contribution < -0.4 is 5.32 Å². The van der Waals surface area contributed by atoms with E-state index in [-0.39, 0.29) is 11.7 Å². The molecule has 0 bridgehead atoms. The summed E-state index contributed by atoms with van der Waals surface area (Å²) in [6.45, 7) is 1.46. The van der Waals surface area contributed by atoms with Gasteiger partial charge >= 0.3 is 0 Å². The van der Waals surface area contributed by atoms with Gasteiger partial charge in [-0.25, -0.2) is 4.98 Å². The zero-order valence-corrected chi connectivity index (χ0v) is 11.3. The molecule has 0 saturated carbocycles. The number of carbonyl (C=O) groups is 1. The number of amides is 1. The highest BCUT2D eigenvalue weighted by atomic mass is 32.2. The van der Waals surface area contributed by atoms with Crippen LogP contribution in [0, 0.1) is 0 Å². The van der Waals surface area contributed by atoms with Crippen molar-refractivity contribution in [3.8, 4) is 5.75 Å². The SMILES string of the molecule is CC(=O)Nc1nc(CSc2ccc(O)cc2)cs1. The maximum Gasteiger partial charge on any atom is 0.223 e. The molecule has 2 aromatic rings. The van der Waals surface area contributed by atoms with Gasteiger partial charge in [0.15, 0.2) is 5.13 Å². The Kier molecular flexibility index (Phi) is 4.22. The van der Waals surface area contributed by atoms with Crippen LogP contribution in [0.3, 0.4) is 0 Å². The van der Waals surface area contributed by atoms with Gasteiger partial charge in [0, 0.05) is 23.0 Å². The Hall–Kier alpha value is -1.53. The van der Waals surface area contributed by atoms with Crippen molar-refractivity contribution in [2.24, 2.45) is 0 Å². The molecule has 94 valence electrons. The van der Waals surface area contributed by atoms with E-state index in [0.717, 1.165) is 16.3 Å². The third-order valence-corrected chi connectivity index (χ3v) is 3.91. The molecule has 0 aliphatic rings. The van der Waals surface area contributed by atoms with Crippen LogP contribution in [0.25, 0.3) is 0 Å². The number of thioether (sulfide) groups is 1. The van der Waals surface area contributed by atoms with Crippen LogP contribution in [0.5, 0.6) is 5.75 Å². The van der Waals surface area contributed by atoms with E-state index in [0.29, 0.717) is 5.13 Å². The van der Waals surface area contributed by atoms with Crippen molar-refractivity contribution >= 4 is 34.1 Å². The largest absolute Gasteiger partial charge is 0.508 e. The summed E-state index contributed by atoms with van der Waals surface area (Å²) in [5.74, 6) is 0.893.